The van der Waals surface area contributed by atoms with E-state index in [2.05, 4.69) is 31.7 Å². The number of anilines is 2. The molecule has 136 valence electrons. The quantitative estimate of drug-likeness (QED) is 0.606. The van der Waals surface area contributed by atoms with E-state index in [-0.39, 0.29) is 16.8 Å². The van der Waals surface area contributed by atoms with E-state index in [1.807, 2.05) is 25.1 Å². The molecule has 3 rings (SSSR count). The molecular formula is C18H18BrFN4O2. The number of amides is 1. The maximum Gasteiger partial charge on any atom is 0.277 e. The van der Waals surface area contributed by atoms with Crippen molar-refractivity contribution in [3.63, 3.8) is 0 Å². The van der Waals surface area contributed by atoms with E-state index >= 15 is 4.39 Å². The van der Waals surface area contributed by atoms with Gasteiger partial charge < -0.3 is 9.88 Å². The Morgan fingerprint density at radius 3 is 2.85 bits per heavy atom. The second kappa shape index (κ2) is 7.43. The summed E-state index contributed by atoms with van der Waals surface area (Å²) in [4.78, 5) is 21.6. The van der Waals surface area contributed by atoms with Gasteiger partial charge in [0.2, 0.25) is 0 Å². The number of aryl methyl sites for hydroxylation is 2. The zero-order valence-electron chi connectivity index (χ0n) is 14.6. The summed E-state index contributed by atoms with van der Waals surface area (Å²) in [7, 11) is 1.74. The van der Waals surface area contributed by atoms with Crippen LogP contribution in [0.15, 0.2) is 35.1 Å². The van der Waals surface area contributed by atoms with Crippen molar-refractivity contribution < 1.29 is 14.0 Å². The Bertz CT molecular complexity index is 987. The number of rotatable bonds is 5. The Morgan fingerprint density at radius 1 is 1.38 bits per heavy atom. The lowest BCUT2D eigenvalue weighted by molar-refractivity contribution is 0.0365. The number of benzene rings is 2. The normalized spacial score (nSPS) is 11.0. The molecule has 1 amide bonds. The van der Waals surface area contributed by atoms with Gasteiger partial charge in [0.25, 0.3) is 5.91 Å². The van der Waals surface area contributed by atoms with E-state index in [0.717, 1.165) is 10.0 Å². The van der Waals surface area contributed by atoms with Gasteiger partial charge in [-0.1, -0.05) is 15.9 Å². The molecule has 0 fully saturated rings. The molecule has 0 atom stereocenters. The van der Waals surface area contributed by atoms with Crippen LogP contribution in [0.25, 0.3) is 11.0 Å². The number of aromatic nitrogens is 2. The molecule has 6 nitrogen and oxygen atoms in total. The van der Waals surface area contributed by atoms with Gasteiger partial charge in [0.1, 0.15) is 5.52 Å². The second-order valence-corrected chi connectivity index (χ2v) is 6.70. The first-order valence-corrected chi connectivity index (χ1v) is 8.80. The predicted molar refractivity (Wildman–Crippen MR) is 102 cm³/mol. The molecule has 2 N–H and O–H groups in total. The summed E-state index contributed by atoms with van der Waals surface area (Å²) in [6, 6.07) is 7.15. The number of carbonyl (C=O) groups excluding carboxylic acids is 1. The summed E-state index contributed by atoms with van der Waals surface area (Å²) in [5.41, 5.74) is 4.80. The molecule has 0 aliphatic carbocycles. The third kappa shape index (κ3) is 3.42. The summed E-state index contributed by atoms with van der Waals surface area (Å²) < 4.78 is 17.7. The Kier molecular flexibility index (Phi) is 5.24. The molecule has 0 radical (unpaired) electrons. The van der Waals surface area contributed by atoms with Crippen molar-refractivity contribution in [3.05, 3.63) is 52.0 Å². The van der Waals surface area contributed by atoms with Crippen molar-refractivity contribution in [2.45, 2.75) is 13.8 Å². The van der Waals surface area contributed by atoms with Gasteiger partial charge in [-0.05, 0) is 43.7 Å². The lowest BCUT2D eigenvalue weighted by Gasteiger charge is -2.15. The summed E-state index contributed by atoms with van der Waals surface area (Å²) in [5, 5.41) is 3.03. The van der Waals surface area contributed by atoms with Gasteiger partial charge in [-0.25, -0.2) is 14.9 Å². The first-order chi connectivity index (χ1) is 12.4. The highest BCUT2D eigenvalue weighted by Crippen LogP contribution is 2.32. The maximum atomic E-state index is 15.2. The summed E-state index contributed by atoms with van der Waals surface area (Å²) in [6.07, 6.45) is 1.51. The van der Waals surface area contributed by atoms with Crippen molar-refractivity contribution in [2.75, 3.05) is 11.9 Å². The fourth-order valence-electron chi connectivity index (χ4n) is 2.62. The molecule has 0 bridgehead atoms. The number of carbonyl (C=O) groups is 1. The Hall–Kier alpha value is -2.45. The highest BCUT2D eigenvalue weighted by atomic mass is 79.9. The van der Waals surface area contributed by atoms with Gasteiger partial charge in [0, 0.05) is 17.2 Å². The van der Waals surface area contributed by atoms with Gasteiger partial charge in [-0.15, -0.1) is 0 Å². The molecule has 8 heteroatoms. The van der Waals surface area contributed by atoms with Crippen molar-refractivity contribution in [2.24, 2.45) is 7.05 Å². The molecular weight excluding hydrogens is 403 g/mol. The highest BCUT2D eigenvalue weighted by molar-refractivity contribution is 9.10. The number of hydroxylamine groups is 1. The number of nitrogens with zero attached hydrogens (tertiary/aromatic N) is 2. The van der Waals surface area contributed by atoms with Gasteiger partial charge in [-0.2, -0.15) is 0 Å². The van der Waals surface area contributed by atoms with Gasteiger partial charge in [0.15, 0.2) is 5.82 Å². The van der Waals surface area contributed by atoms with Crippen LogP contribution in [0, 0.1) is 12.7 Å². The highest BCUT2D eigenvalue weighted by Gasteiger charge is 2.22. The van der Waals surface area contributed by atoms with Crippen LogP contribution in [-0.4, -0.2) is 22.1 Å². The van der Waals surface area contributed by atoms with E-state index in [9.17, 15) is 4.79 Å². The van der Waals surface area contributed by atoms with Gasteiger partial charge in [-0.3, -0.25) is 9.63 Å². The minimum Gasteiger partial charge on any atom is -0.352 e. The molecule has 0 aliphatic heterocycles. The number of imidazole rings is 1. The zero-order valence-corrected chi connectivity index (χ0v) is 16.1. The number of hydrogen-bond acceptors (Lipinski definition) is 4. The summed E-state index contributed by atoms with van der Waals surface area (Å²) in [6.45, 7) is 3.94. The summed E-state index contributed by atoms with van der Waals surface area (Å²) >= 11 is 3.40. The Labute approximate surface area is 158 Å². The van der Waals surface area contributed by atoms with E-state index in [0.29, 0.717) is 17.8 Å². The van der Waals surface area contributed by atoms with Crippen LogP contribution in [0.2, 0.25) is 0 Å². The number of nitrogens with one attached hydrogen (secondary N) is 2. The smallest absolute Gasteiger partial charge is 0.277 e. The van der Waals surface area contributed by atoms with Crippen LogP contribution in [-0.2, 0) is 11.9 Å². The van der Waals surface area contributed by atoms with Gasteiger partial charge >= 0.3 is 0 Å². The SMILES string of the molecule is CCONC(=O)c1cc2c(ncn2C)c(F)c1Nc1ccc(Br)cc1C. The first kappa shape index (κ1) is 18.3. The van der Waals surface area contributed by atoms with E-state index in [1.165, 1.54) is 6.33 Å². The predicted octanol–water partition coefficient (Wildman–Crippen LogP) is 4.21. The van der Waals surface area contributed by atoms with Crippen LogP contribution in [0.3, 0.4) is 0 Å². The monoisotopic (exact) mass is 420 g/mol. The molecule has 2 aromatic carbocycles. The van der Waals surface area contributed by atoms with Crippen LogP contribution in [0.1, 0.15) is 22.8 Å². The lowest BCUT2D eigenvalue weighted by Crippen LogP contribution is -2.25. The molecule has 1 aromatic heterocycles. The van der Waals surface area contributed by atoms with E-state index in [1.54, 1.807) is 24.6 Å². The standard InChI is InChI=1S/C18H18BrFN4O2/c1-4-26-23-18(25)12-8-14-17(21-9-24(14)3)15(20)16(12)22-13-6-5-11(19)7-10(13)2/h5-9,22H,4H2,1-3H3,(H,23,25). The second-order valence-electron chi connectivity index (χ2n) is 5.78. The average molecular weight is 421 g/mol. The van der Waals surface area contributed by atoms with Crippen LogP contribution in [0.5, 0.6) is 0 Å². The third-order valence-corrected chi connectivity index (χ3v) is 4.46. The number of fused-ring (bicyclic) bond motifs is 1. The molecule has 0 saturated heterocycles. The van der Waals surface area contributed by atoms with Crippen LogP contribution < -0.4 is 10.8 Å². The van der Waals surface area contributed by atoms with Crippen molar-refractivity contribution in [1.29, 1.82) is 0 Å². The molecule has 0 unspecified atom stereocenters. The fraction of sp³-hybridized carbons (Fsp3) is 0.222. The molecule has 0 spiro atoms. The third-order valence-electron chi connectivity index (χ3n) is 3.96. The number of hydrogen-bond donors (Lipinski definition) is 2. The average Bonchev–Trinajstić information content (AvgIpc) is 2.98. The Balaban J connectivity index is 2.14. The molecule has 0 aliphatic rings. The van der Waals surface area contributed by atoms with E-state index < -0.39 is 11.7 Å². The minimum atomic E-state index is -0.591. The zero-order chi connectivity index (χ0) is 18.8. The largest absolute Gasteiger partial charge is 0.352 e. The minimum absolute atomic E-state index is 0.0545. The topological polar surface area (TPSA) is 68.2 Å². The molecule has 3 aromatic rings. The van der Waals surface area contributed by atoms with Crippen LogP contribution >= 0.6 is 15.9 Å². The lowest BCUT2D eigenvalue weighted by atomic mass is 10.1. The summed E-state index contributed by atoms with van der Waals surface area (Å²) in [5.74, 6) is -1.13. The molecule has 1 heterocycles. The van der Waals surface area contributed by atoms with E-state index in [4.69, 9.17) is 4.84 Å². The fourth-order valence-corrected chi connectivity index (χ4v) is 3.10. The van der Waals surface area contributed by atoms with Crippen molar-refractivity contribution in [3.8, 4) is 0 Å². The first-order valence-electron chi connectivity index (χ1n) is 8.01. The molecule has 26 heavy (non-hydrogen) atoms. The maximum absolute atomic E-state index is 15.2. The Morgan fingerprint density at radius 2 is 2.15 bits per heavy atom. The van der Waals surface area contributed by atoms with Gasteiger partial charge in [0.05, 0.1) is 29.7 Å². The van der Waals surface area contributed by atoms with Crippen LogP contribution in [0.4, 0.5) is 15.8 Å². The molecule has 0 saturated carbocycles. The van der Waals surface area contributed by atoms with Crippen molar-refractivity contribution in [1.82, 2.24) is 15.0 Å². The van der Waals surface area contributed by atoms with Crippen molar-refractivity contribution >= 4 is 44.2 Å². The number of halogens is 2.